The van der Waals surface area contributed by atoms with Crippen LogP contribution in [0.4, 0.5) is 4.39 Å². The van der Waals surface area contributed by atoms with Crippen LogP contribution in [-0.2, 0) is 15.3 Å². The molecule has 4 nitrogen and oxygen atoms in total. The number of thioether (sulfide) groups is 1. The van der Waals surface area contributed by atoms with Crippen molar-refractivity contribution in [3.63, 3.8) is 0 Å². The maximum absolute atomic E-state index is 13.5. The van der Waals surface area contributed by atoms with Gasteiger partial charge in [-0.2, -0.15) is 11.8 Å². The summed E-state index contributed by atoms with van der Waals surface area (Å²) in [5, 5.41) is 5.66. The Morgan fingerprint density at radius 3 is 2.46 bits per heavy atom. The van der Waals surface area contributed by atoms with Crippen LogP contribution in [0.2, 0.25) is 0 Å². The second-order valence-corrected chi connectivity index (χ2v) is 6.97. The molecule has 2 amide bonds. The third-order valence-electron chi connectivity index (χ3n) is 3.75. The van der Waals surface area contributed by atoms with E-state index in [0.29, 0.717) is 23.6 Å². The number of hydrogen-bond acceptors (Lipinski definition) is 3. The SMILES string of the molecule is CC(=O)N[C@@H](CC(=O)NCCSCc1ccccc1F)c1ccccc1. The molecule has 0 unspecified atom stereocenters. The number of benzene rings is 2. The van der Waals surface area contributed by atoms with E-state index in [4.69, 9.17) is 0 Å². The predicted octanol–water partition coefficient (Wildman–Crippen LogP) is 3.44. The lowest BCUT2D eigenvalue weighted by Gasteiger charge is -2.18. The van der Waals surface area contributed by atoms with Gasteiger partial charge < -0.3 is 10.6 Å². The van der Waals surface area contributed by atoms with Crippen LogP contribution in [0.1, 0.15) is 30.5 Å². The number of hydrogen-bond donors (Lipinski definition) is 2. The Morgan fingerprint density at radius 2 is 1.77 bits per heavy atom. The van der Waals surface area contributed by atoms with E-state index in [9.17, 15) is 14.0 Å². The van der Waals surface area contributed by atoms with Crippen LogP contribution in [0.25, 0.3) is 0 Å². The maximum atomic E-state index is 13.5. The van der Waals surface area contributed by atoms with Crippen molar-refractivity contribution in [2.75, 3.05) is 12.3 Å². The van der Waals surface area contributed by atoms with E-state index in [1.807, 2.05) is 36.4 Å². The Labute approximate surface area is 157 Å². The quantitative estimate of drug-likeness (QED) is 0.661. The van der Waals surface area contributed by atoms with Gasteiger partial charge >= 0.3 is 0 Å². The van der Waals surface area contributed by atoms with Crippen molar-refractivity contribution in [3.8, 4) is 0 Å². The van der Waals surface area contributed by atoms with Crippen LogP contribution in [0.3, 0.4) is 0 Å². The summed E-state index contributed by atoms with van der Waals surface area (Å²) in [4.78, 5) is 23.6. The lowest BCUT2D eigenvalue weighted by atomic mass is 10.0. The average molecular weight is 374 g/mol. The van der Waals surface area contributed by atoms with Gasteiger partial charge in [-0.05, 0) is 17.2 Å². The molecule has 0 aliphatic heterocycles. The molecule has 2 aromatic carbocycles. The fraction of sp³-hybridized carbons (Fsp3) is 0.300. The monoisotopic (exact) mass is 374 g/mol. The molecule has 0 radical (unpaired) electrons. The number of carbonyl (C=O) groups excluding carboxylic acids is 2. The van der Waals surface area contributed by atoms with Gasteiger partial charge in [-0.15, -0.1) is 0 Å². The highest BCUT2D eigenvalue weighted by Crippen LogP contribution is 2.17. The summed E-state index contributed by atoms with van der Waals surface area (Å²) in [6, 6.07) is 15.8. The molecule has 1 atom stereocenters. The lowest BCUT2D eigenvalue weighted by Crippen LogP contribution is -2.33. The Balaban J connectivity index is 1.74. The van der Waals surface area contributed by atoms with E-state index in [1.54, 1.807) is 23.9 Å². The van der Waals surface area contributed by atoms with Crippen LogP contribution in [-0.4, -0.2) is 24.1 Å². The Kier molecular flexibility index (Phi) is 8.15. The van der Waals surface area contributed by atoms with Crippen LogP contribution in [0.15, 0.2) is 54.6 Å². The van der Waals surface area contributed by atoms with E-state index >= 15 is 0 Å². The average Bonchev–Trinajstić information content (AvgIpc) is 2.63. The number of nitrogens with one attached hydrogen (secondary N) is 2. The molecular formula is C20H23FN2O2S. The minimum Gasteiger partial charge on any atom is -0.355 e. The van der Waals surface area contributed by atoms with Gasteiger partial charge in [0.05, 0.1) is 12.5 Å². The van der Waals surface area contributed by atoms with E-state index in [1.165, 1.54) is 13.0 Å². The topological polar surface area (TPSA) is 58.2 Å². The number of halogens is 1. The summed E-state index contributed by atoms with van der Waals surface area (Å²) >= 11 is 1.56. The zero-order valence-electron chi connectivity index (χ0n) is 14.7. The van der Waals surface area contributed by atoms with E-state index in [2.05, 4.69) is 10.6 Å². The number of carbonyl (C=O) groups is 2. The number of amides is 2. The normalized spacial score (nSPS) is 11.6. The Bertz CT molecular complexity index is 725. The molecule has 6 heteroatoms. The molecule has 0 fully saturated rings. The second kappa shape index (κ2) is 10.6. The molecule has 0 aliphatic rings. The maximum Gasteiger partial charge on any atom is 0.222 e. The third-order valence-corrected chi connectivity index (χ3v) is 4.76. The largest absolute Gasteiger partial charge is 0.355 e. The summed E-state index contributed by atoms with van der Waals surface area (Å²) < 4.78 is 13.5. The van der Waals surface area contributed by atoms with Crippen molar-refractivity contribution in [1.82, 2.24) is 10.6 Å². The summed E-state index contributed by atoms with van der Waals surface area (Å²) in [6.07, 6.45) is 0.182. The zero-order chi connectivity index (χ0) is 18.8. The summed E-state index contributed by atoms with van der Waals surface area (Å²) in [7, 11) is 0. The molecule has 2 aromatic rings. The van der Waals surface area contributed by atoms with Crippen molar-refractivity contribution >= 4 is 23.6 Å². The van der Waals surface area contributed by atoms with Gasteiger partial charge in [-0.3, -0.25) is 9.59 Å². The molecule has 2 rings (SSSR count). The van der Waals surface area contributed by atoms with Gasteiger partial charge in [0.2, 0.25) is 11.8 Å². The first-order chi connectivity index (χ1) is 12.6. The molecule has 0 saturated heterocycles. The lowest BCUT2D eigenvalue weighted by molar-refractivity contribution is -0.122. The van der Waals surface area contributed by atoms with E-state index in [0.717, 1.165) is 5.56 Å². The van der Waals surface area contributed by atoms with Crippen molar-refractivity contribution in [3.05, 3.63) is 71.5 Å². The van der Waals surface area contributed by atoms with Gasteiger partial charge in [0.15, 0.2) is 0 Å². The van der Waals surface area contributed by atoms with Crippen molar-refractivity contribution in [2.24, 2.45) is 0 Å². The molecule has 0 saturated carbocycles. The Morgan fingerprint density at radius 1 is 1.08 bits per heavy atom. The first kappa shape index (κ1) is 20.0. The molecule has 0 aromatic heterocycles. The molecule has 0 spiro atoms. The van der Waals surface area contributed by atoms with Crippen LogP contribution in [0, 0.1) is 5.82 Å². The standard InChI is InChI=1S/C20H23FN2O2S/c1-15(24)23-19(16-7-3-2-4-8-16)13-20(25)22-11-12-26-14-17-9-5-6-10-18(17)21/h2-10,19H,11-14H2,1H3,(H,22,25)(H,23,24)/t19-/m0/s1. The fourth-order valence-corrected chi connectivity index (χ4v) is 3.35. The molecule has 138 valence electrons. The highest BCUT2D eigenvalue weighted by atomic mass is 32.2. The zero-order valence-corrected chi connectivity index (χ0v) is 15.5. The van der Waals surface area contributed by atoms with Crippen LogP contribution < -0.4 is 10.6 Å². The van der Waals surface area contributed by atoms with Crippen LogP contribution in [0.5, 0.6) is 0 Å². The Hall–Kier alpha value is -2.34. The van der Waals surface area contributed by atoms with Crippen LogP contribution >= 0.6 is 11.8 Å². The van der Waals surface area contributed by atoms with Crippen molar-refractivity contribution < 1.29 is 14.0 Å². The van der Waals surface area contributed by atoms with Gasteiger partial charge in [0, 0.05) is 25.0 Å². The molecule has 0 heterocycles. The molecular weight excluding hydrogens is 351 g/mol. The smallest absolute Gasteiger partial charge is 0.222 e. The highest BCUT2D eigenvalue weighted by Gasteiger charge is 2.16. The summed E-state index contributed by atoms with van der Waals surface area (Å²) in [6.45, 7) is 1.94. The molecule has 2 N–H and O–H groups in total. The predicted molar refractivity (Wildman–Crippen MR) is 103 cm³/mol. The highest BCUT2D eigenvalue weighted by molar-refractivity contribution is 7.98. The summed E-state index contributed by atoms with van der Waals surface area (Å²) in [5.74, 6) is 0.758. The molecule has 0 aliphatic carbocycles. The first-order valence-electron chi connectivity index (χ1n) is 8.46. The first-order valence-corrected chi connectivity index (χ1v) is 9.61. The van der Waals surface area contributed by atoms with Gasteiger partial charge in [0.25, 0.3) is 0 Å². The van der Waals surface area contributed by atoms with E-state index in [-0.39, 0.29) is 30.1 Å². The third kappa shape index (κ3) is 6.88. The molecule has 26 heavy (non-hydrogen) atoms. The second-order valence-electron chi connectivity index (χ2n) is 5.86. The van der Waals surface area contributed by atoms with Crippen molar-refractivity contribution in [2.45, 2.75) is 25.1 Å². The summed E-state index contributed by atoms with van der Waals surface area (Å²) in [5.41, 5.74) is 1.56. The molecule has 0 bridgehead atoms. The van der Waals surface area contributed by atoms with Crippen molar-refractivity contribution in [1.29, 1.82) is 0 Å². The van der Waals surface area contributed by atoms with Gasteiger partial charge in [-0.1, -0.05) is 48.5 Å². The van der Waals surface area contributed by atoms with Gasteiger partial charge in [-0.25, -0.2) is 4.39 Å². The minimum atomic E-state index is -0.347. The number of rotatable bonds is 9. The van der Waals surface area contributed by atoms with E-state index < -0.39 is 0 Å². The minimum absolute atomic E-state index is 0.126. The fourth-order valence-electron chi connectivity index (χ4n) is 2.50. The van der Waals surface area contributed by atoms with Gasteiger partial charge in [0.1, 0.15) is 5.82 Å².